The van der Waals surface area contributed by atoms with E-state index < -0.39 is 0 Å². The summed E-state index contributed by atoms with van der Waals surface area (Å²) in [6.45, 7) is 4.66. The second-order valence-corrected chi connectivity index (χ2v) is 5.85. The molecule has 1 aliphatic rings. The maximum Gasteiger partial charge on any atom is 0.262 e. The highest BCUT2D eigenvalue weighted by Crippen LogP contribution is 2.14. The van der Waals surface area contributed by atoms with Gasteiger partial charge in [-0.2, -0.15) is 0 Å². The smallest absolute Gasteiger partial charge is 0.262 e. The monoisotopic (exact) mass is 325 g/mol. The van der Waals surface area contributed by atoms with Crippen molar-refractivity contribution in [3.63, 3.8) is 0 Å². The lowest BCUT2D eigenvalue weighted by atomic mass is 10.2. The van der Waals surface area contributed by atoms with E-state index in [2.05, 4.69) is 9.88 Å². The third-order valence-electron chi connectivity index (χ3n) is 3.69. The van der Waals surface area contributed by atoms with Gasteiger partial charge in [-0.15, -0.1) is 0 Å². The van der Waals surface area contributed by atoms with Crippen LogP contribution in [0.4, 0.5) is 0 Å². The minimum absolute atomic E-state index is 0.0707. The average molecular weight is 326 g/mol. The zero-order valence-electron chi connectivity index (χ0n) is 11.5. The van der Waals surface area contributed by atoms with E-state index in [-0.39, 0.29) is 5.56 Å². The van der Waals surface area contributed by atoms with Gasteiger partial charge in [0.25, 0.3) is 5.56 Å². The Balaban J connectivity index is 1.89. The Labute approximate surface area is 132 Å². The van der Waals surface area contributed by atoms with E-state index >= 15 is 0 Å². The molecule has 0 bridgehead atoms. The van der Waals surface area contributed by atoms with E-state index in [9.17, 15) is 4.79 Å². The molecule has 0 spiro atoms. The van der Waals surface area contributed by atoms with Gasteiger partial charge in [0.15, 0.2) is 4.77 Å². The number of H-pyrrole nitrogens is 1. The van der Waals surface area contributed by atoms with Gasteiger partial charge in [-0.05, 0) is 30.4 Å². The van der Waals surface area contributed by atoms with Crippen LogP contribution in [0.5, 0.6) is 0 Å². The van der Waals surface area contributed by atoms with Gasteiger partial charge in [-0.3, -0.25) is 14.3 Å². The fraction of sp³-hybridized carbons (Fsp3) is 0.429. The number of hydrogen-bond donors (Lipinski definition) is 1. The predicted octanol–water partition coefficient (Wildman–Crippen LogP) is 2.04. The molecule has 1 aliphatic heterocycles. The highest BCUT2D eigenvalue weighted by molar-refractivity contribution is 7.71. The van der Waals surface area contributed by atoms with Gasteiger partial charge >= 0.3 is 0 Å². The number of ether oxygens (including phenoxy) is 1. The van der Waals surface area contributed by atoms with Crippen molar-refractivity contribution in [2.45, 2.75) is 6.54 Å². The predicted molar refractivity (Wildman–Crippen MR) is 85.7 cm³/mol. The molecule has 2 aromatic rings. The molecule has 7 heteroatoms. The molecule has 112 valence electrons. The van der Waals surface area contributed by atoms with Crippen molar-refractivity contribution in [1.82, 2.24) is 14.5 Å². The highest BCUT2D eigenvalue weighted by atomic mass is 35.5. The number of aromatic nitrogens is 2. The zero-order valence-corrected chi connectivity index (χ0v) is 13.0. The highest BCUT2D eigenvalue weighted by Gasteiger charge is 2.12. The molecule has 21 heavy (non-hydrogen) atoms. The van der Waals surface area contributed by atoms with Crippen LogP contribution in [0.2, 0.25) is 5.02 Å². The summed E-state index contributed by atoms with van der Waals surface area (Å²) < 4.78 is 7.36. The van der Waals surface area contributed by atoms with E-state index in [0.717, 1.165) is 32.8 Å². The fourth-order valence-electron chi connectivity index (χ4n) is 2.50. The molecule has 0 aliphatic carbocycles. The van der Waals surface area contributed by atoms with E-state index in [0.29, 0.717) is 27.2 Å². The Kier molecular flexibility index (Phi) is 4.40. The molecule has 1 N–H and O–H groups in total. The molecule has 1 saturated heterocycles. The molecular formula is C14H16ClN3O2S. The summed E-state index contributed by atoms with van der Waals surface area (Å²) >= 11 is 11.2. The Morgan fingerprint density at radius 1 is 1.29 bits per heavy atom. The maximum absolute atomic E-state index is 12.5. The van der Waals surface area contributed by atoms with Crippen molar-refractivity contribution >= 4 is 34.7 Å². The Morgan fingerprint density at radius 3 is 2.81 bits per heavy atom. The lowest BCUT2D eigenvalue weighted by Crippen LogP contribution is -2.39. The van der Waals surface area contributed by atoms with Crippen LogP contribution >= 0.6 is 23.8 Å². The summed E-state index contributed by atoms with van der Waals surface area (Å²) in [5.74, 6) is 0. The fourth-order valence-corrected chi connectivity index (χ4v) is 2.95. The Morgan fingerprint density at radius 2 is 2.05 bits per heavy atom. The van der Waals surface area contributed by atoms with Crippen LogP contribution in [0.15, 0.2) is 23.0 Å². The first-order valence-corrected chi connectivity index (χ1v) is 7.66. The lowest BCUT2D eigenvalue weighted by molar-refractivity contribution is 0.0362. The third-order valence-corrected chi connectivity index (χ3v) is 4.25. The van der Waals surface area contributed by atoms with E-state index in [1.807, 2.05) is 0 Å². The SMILES string of the molecule is O=c1c2ccc(Cl)cc2[nH]c(=S)n1CCN1CCOCC1. The molecule has 5 nitrogen and oxygen atoms in total. The Hall–Kier alpha value is -1.21. The average Bonchev–Trinajstić information content (AvgIpc) is 2.47. The lowest BCUT2D eigenvalue weighted by Gasteiger charge is -2.26. The summed E-state index contributed by atoms with van der Waals surface area (Å²) in [6, 6.07) is 5.17. The first kappa shape index (κ1) is 14.7. The van der Waals surface area contributed by atoms with Gasteiger partial charge in [0.1, 0.15) is 0 Å². The number of benzene rings is 1. The number of halogens is 1. The van der Waals surface area contributed by atoms with Crippen LogP contribution in [0.1, 0.15) is 0 Å². The number of nitrogens with zero attached hydrogens (tertiary/aromatic N) is 2. The van der Waals surface area contributed by atoms with Crippen molar-refractivity contribution in [1.29, 1.82) is 0 Å². The van der Waals surface area contributed by atoms with Gasteiger partial charge in [0, 0.05) is 31.2 Å². The summed E-state index contributed by atoms with van der Waals surface area (Å²) in [5, 5.41) is 1.19. The van der Waals surface area contributed by atoms with Crippen LogP contribution in [-0.2, 0) is 11.3 Å². The third kappa shape index (κ3) is 3.18. The zero-order chi connectivity index (χ0) is 14.8. The summed E-state index contributed by atoms with van der Waals surface area (Å²) in [4.78, 5) is 17.9. The van der Waals surface area contributed by atoms with Gasteiger partial charge in [-0.1, -0.05) is 11.6 Å². The molecule has 0 amide bonds. The van der Waals surface area contributed by atoms with Crippen molar-refractivity contribution in [3.05, 3.63) is 38.3 Å². The van der Waals surface area contributed by atoms with E-state index in [1.165, 1.54) is 0 Å². The molecule has 0 atom stereocenters. The van der Waals surface area contributed by atoms with Crippen molar-refractivity contribution < 1.29 is 4.74 Å². The second-order valence-electron chi connectivity index (χ2n) is 5.03. The van der Waals surface area contributed by atoms with Crippen LogP contribution in [0.25, 0.3) is 10.9 Å². The molecule has 1 aromatic carbocycles. The van der Waals surface area contributed by atoms with Crippen LogP contribution in [-0.4, -0.2) is 47.3 Å². The number of fused-ring (bicyclic) bond motifs is 1. The quantitative estimate of drug-likeness (QED) is 0.878. The normalized spacial score (nSPS) is 16.4. The molecule has 1 aromatic heterocycles. The molecule has 3 rings (SSSR count). The number of morpholine rings is 1. The number of hydrogen-bond acceptors (Lipinski definition) is 4. The van der Waals surface area contributed by atoms with Gasteiger partial charge in [0.05, 0.1) is 24.1 Å². The largest absolute Gasteiger partial charge is 0.379 e. The first-order chi connectivity index (χ1) is 10.1. The molecule has 0 saturated carbocycles. The van der Waals surface area contributed by atoms with Crippen molar-refractivity contribution in [3.8, 4) is 0 Å². The minimum atomic E-state index is -0.0707. The number of rotatable bonds is 3. The van der Waals surface area contributed by atoms with Crippen molar-refractivity contribution in [2.75, 3.05) is 32.8 Å². The van der Waals surface area contributed by atoms with Gasteiger partial charge in [-0.25, -0.2) is 0 Å². The molecule has 1 fully saturated rings. The van der Waals surface area contributed by atoms with Crippen LogP contribution in [0, 0.1) is 4.77 Å². The van der Waals surface area contributed by atoms with Crippen LogP contribution in [0.3, 0.4) is 0 Å². The first-order valence-electron chi connectivity index (χ1n) is 6.87. The second kappa shape index (κ2) is 6.27. The summed E-state index contributed by atoms with van der Waals surface area (Å²) in [7, 11) is 0. The topological polar surface area (TPSA) is 50.3 Å². The molecule has 0 unspecified atom stereocenters. The molecule has 2 heterocycles. The molecule has 0 radical (unpaired) electrons. The standard InChI is InChI=1S/C14H16ClN3O2S/c15-10-1-2-11-12(9-10)16-14(21)18(13(11)19)4-3-17-5-7-20-8-6-17/h1-2,9H,3-8H2,(H,16,21). The van der Waals surface area contributed by atoms with E-state index in [4.69, 9.17) is 28.6 Å². The van der Waals surface area contributed by atoms with Crippen LogP contribution < -0.4 is 5.56 Å². The van der Waals surface area contributed by atoms with E-state index in [1.54, 1.807) is 22.8 Å². The van der Waals surface area contributed by atoms with Gasteiger partial charge < -0.3 is 9.72 Å². The summed E-state index contributed by atoms with van der Waals surface area (Å²) in [6.07, 6.45) is 0. The summed E-state index contributed by atoms with van der Waals surface area (Å²) in [5.41, 5.74) is 0.610. The van der Waals surface area contributed by atoms with Crippen molar-refractivity contribution in [2.24, 2.45) is 0 Å². The van der Waals surface area contributed by atoms with Gasteiger partial charge in [0.2, 0.25) is 0 Å². The molecular weight excluding hydrogens is 310 g/mol. The minimum Gasteiger partial charge on any atom is -0.379 e. The maximum atomic E-state index is 12.5. The Bertz CT molecular complexity index is 765. The number of aromatic amines is 1. The number of nitrogens with one attached hydrogen (secondary N) is 1.